The second-order valence-corrected chi connectivity index (χ2v) is 4.82. The van der Waals surface area contributed by atoms with Crippen molar-refractivity contribution in [1.82, 2.24) is 4.98 Å². The van der Waals surface area contributed by atoms with Gasteiger partial charge in [0.15, 0.2) is 5.13 Å². The number of amides is 2. The highest BCUT2D eigenvalue weighted by atomic mass is 32.1. The van der Waals surface area contributed by atoms with Crippen LogP contribution in [0.15, 0.2) is 24.4 Å². The molecule has 0 saturated carbocycles. The van der Waals surface area contributed by atoms with Gasteiger partial charge in [0.25, 0.3) is 0 Å². The van der Waals surface area contributed by atoms with Gasteiger partial charge in [-0.2, -0.15) is 5.26 Å². The van der Waals surface area contributed by atoms with E-state index >= 15 is 0 Å². The summed E-state index contributed by atoms with van der Waals surface area (Å²) in [4.78, 5) is 16.2. The molecule has 0 aliphatic heterocycles. The third kappa shape index (κ3) is 3.61. The minimum absolute atomic E-state index is 0.344. The number of carbonyl (C=O) groups is 1. The summed E-state index contributed by atoms with van der Waals surface area (Å²) in [6.45, 7) is 0. The van der Waals surface area contributed by atoms with Gasteiger partial charge in [0, 0.05) is 6.07 Å². The Hall–Kier alpha value is -2.79. The van der Waals surface area contributed by atoms with Gasteiger partial charge in [-0.05, 0) is 12.1 Å². The molecule has 108 valence electrons. The average Bonchev–Trinajstić information content (AvgIpc) is 2.95. The monoisotopic (exact) mass is 304 g/mol. The van der Waals surface area contributed by atoms with E-state index in [1.54, 1.807) is 25.3 Å². The number of methoxy groups -OCH3 is 2. The Labute approximate surface area is 125 Å². The van der Waals surface area contributed by atoms with Gasteiger partial charge in [-0.3, -0.25) is 5.32 Å². The first kappa shape index (κ1) is 14.6. The zero-order chi connectivity index (χ0) is 15.2. The van der Waals surface area contributed by atoms with Crippen molar-refractivity contribution in [3.05, 3.63) is 29.3 Å². The topological polar surface area (TPSA) is 96.3 Å². The molecule has 0 saturated heterocycles. The van der Waals surface area contributed by atoms with Gasteiger partial charge in [0.1, 0.15) is 22.4 Å². The number of rotatable bonds is 4. The van der Waals surface area contributed by atoms with Gasteiger partial charge in [-0.1, -0.05) is 11.3 Å². The highest BCUT2D eigenvalue weighted by Crippen LogP contribution is 2.29. The molecule has 0 aliphatic carbocycles. The number of carbonyl (C=O) groups excluding carboxylic acids is 1. The second-order valence-electron chi connectivity index (χ2n) is 3.79. The third-order valence-electron chi connectivity index (χ3n) is 2.49. The summed E-state index contributed by atoms with van der Waals surface area (Å²) >= 11 is 1.09. The van der Waals surface area contributed by atoms with E-state index in [1.165, 1.54) is 13.3 Å². The van der Waals surface area contributed by atoms with Crippen LogP contribution in [0.5, 0.6) is 11.5 Å². The Bertz CT molecular complexity index is 693. The first-order valence-electron chi connectivity index (χ1n) is 5.82. The molecular formula is C13H12N4O3S. The van der Waals surface area contributed by atoms with Crippen LogP contribution >= 0.6 is 11.3 Å². The Morgan fingerprint density at radius 2 is 2.14 bits per heavy atom. The number of ether oxygens (including phenoxy) is 2. The lowest BCUT2D eigenvalue weighted by molar-refractivity contribution is 0.262. The molecule has 2 amide bonds. The highest BCUT2D eigenvalue weighted by molar-refractivity contribution is 7.16. The van der Waals surface area contributed by atoms with E-state index in [9.17, 15) is 4.79 Å². The van der Waals surface area contributed by atoms with Crippen LogP contribution in [0.25, 0.3) is 0 Å². The first-order chi connectivity index (χ1) is 10.2. The average molecular weight is 304 g/mol. The first-order valence-corrected chi connectivity index (χ1v) is 6.64. The fraction of sp³-hybridized carbons (Fsp3) is 0.154. The zero-order valence-electron chi connectivity index (χ0n) is 11.3. The molecule has 0 bridgehead atoms. The summed E-state index contributed by atoms with van der Waals surface area (Å²) in [5.74, 6) is 1.10. The summed E-state index contributed by atoms with van der Waals surface area (Å²) in [5.41, 5.74) is 0.493. The normalized spacial score (nSPS) is 9.57. The van der Waals surface area contributed by atoms with Crippen LogP contribution in [-0.2, 0) is 0 Å². The van der Waals surface area contributed by atoms with Gasteiger partial charge in [0.2, 0.25) is 0 Å². The lowest BCUT2D eigenvalue weighted by Gasteiger charge is -2.11. The van der Waals surface area contributed by atoms with E-state index in [2.05, 4.69) is 15.6 Å². The van der Waals surface area contributed by atoms with Crippen LogP contribution in [0.3, 0.4) is 0 Å². The fourth-order valence-corrected chi connectivity index (χ4v) is 2.14. The summed E-state index contributed by atoms with van der Waals surface area (Å²) in [5, 5.41) is 14.2. The Kier molecular flexibility index (Phi) is 4.58. The number of hydrogen-bond acceptors (Lipinski definition) is 6. The number of nitriles is 1. The van der Waals surface area contributed by atoms with Crippen LogP contribution in [0.1, 0.15) is 4.88 Å². The number of benzene rings is 1. The third-order valence-corrected chi connectivity index (χ3v) is 3.31. The molecule has 1 aromatic heterocycles. The van der Waals surface area contributed by atoms with Crippen molar-refractivity contribution in [3.8, 4) is 17.6 Å². The molecule has 1 aromatic carbocycles. The minimum Gasteiger partial charge on any atom is -0.497 e. The largest absolute Gasteiger partial charge is 0.497 e. The maximum atomic E-state index is 11.9. The predicted molar refractivity (Wildman–Crippen MR) is 79.0 cm³/mol. The molecule has 0 atom stereocenters. The van der Waals surface area contributed by atoms with Gasteiger partial charge in [0.05, 0.1) is 26.1 Å². The zero-order valence-corrected chi connectivity index (χ0v) is 12.2. The van der Waals surface area contributed by atoms with Gasteiger partial charge < -0.3 is 14.8 Å². The van der Waals surface area contributed by atoms with Crippen LogP contribution in [0, 0.1) is 11.3 Å². The summed E-state index contributed by atoms with van der Waals surface area (Å²) in [7, 11) is 3.04. The Morgan fingerprint density at radius 3 is 2.76 bits per heavy atom. The molecule has 0 radical (unpaired) electrons. The van der Waals surface area contributed by atoms with Crippen molar-refractivity contribution in [2.24, 2.45) is 0 Å². The van der Waals surface area contributed by atoms with Crippen LogP contribution in [-0.4, -0.2) is 25.2 Å². The second kappa shape index (κ2) is 6.58. The molecule has 2 rings (SSSR count). The van der Waals surface area contributed by atoms with Crippen molar-refractivity contribution < 1.29 is 14.3 Å². The van der Waals surface area contributed by atoms with Crippen molar-refractivity contribution in [3.63, 3.8) is 0 Å². The molecule has 0 spiro atoms. The van der Waals surface area contributed by atoms with E-state index in [1.807, 2.05) is 6.07 Å². The van der Waals surface area contributed by atoms with E-state index < -0.39 is 6.03 Å². The summed E-state index contributed by atoms with van der Waals surface area (Å²) < 4.78 is 10.3. The highest BCUT2D eigenvalue weighted by Gasteiger charge is 2.10. The van der Waals surface area contributed by atoms with Crippen molar-refractivity contribution in [2.75, 3.05) is 24.9 Å². The predicted octanol–water partition coefficient (Wildman–Crippen LogP) is 2.68. The van der Waals surface area contributed by atoms with E-state index in [-0.39, 0.29) is 0 Å². The smallest absolute Gasteiger partial charge is 0.325 e. The van der Waals surface area contributed by atoms with E-state index in [0.29, 0.717) is 27.2 Å². The van der Waals surface area contributed by atoms with Crippen LogP contribution < -0.4 is 20.1 Å². The lowest BCUT2D eigenvalue weighted by Crippen LogP contribution is -2.19. The number of hydrogen-bond donors (Lipinski definition) is 2. The quantitative estimate of drug-likeness (QED) is 0.905. The number of thiazole rings is 1. The molecule has 0 aliphatic rings. The number of aromatic nitrogens is 1. The van der Waals surface area contributed by atoms with E-state index in [4.69, 9.17) is 14.7 Å². The molecule has 2 N–H and O–H groups in total. The van der Waals surface area contributed by atoms with Crippen molar-refractivity contribution in [2.45, 2.75) is 0 Å². The fourth-order valence-electron chi connectivity index (χ4n) is 1.54. The van der Waals surface area contributed by atoms with Gasteiger partial charge >= 0.3 is 6.03 Å². The van der Waals surface area contributed by atoms with Crippen molar-refractivity contribution in [1.29, 1.82) is 5.26 Å². The maximum Gasteiger partial charge on any atom is 0.325 e. The maximum absolute atomic E-state index is 11.9. The molecule has 1 heterocycles. The summed E-state index contributed by atoms with van der Waals surface area (Å²) in [6.07, 6.45) is 1.40. The van der Waals surface area contributed by atoms with Crippen LogP contribution in [0.2, 0.25) is 0 Å². The van der Waals surface area contributed by atoms with Crippen molar-refractivity contribution >= 4 is 28.2 Å². The van der Waals surface area contributed by atoms with Gasteiger partial charge in [-0.15, -0.1) is 0 Å². The molecule has 21 heavy (non-hydrogen) atoms. The van der Waals surface area contributed by atoms with E-state index in [0.717, 1.165) is 11.3 Å². The molecule has 7 nitrogen and oxygen atoms in total. The standard InChI is InChI=1S/C13H12N4O3S/c1-19-8-3-4-10(11(5-8)20-2)16-12(18)17-13-15-7-9(6-14)21-13/h3-5,7H,1-2H3,(H2,15,16,17,18). The Morgan fingerprint density at radius 1 is 1.33 bits per heavy atom. The van der Waals surface area contributed by atoms with Crippen LogP contribution in [0.4, 0.5) is 15.6 Å². The molecular weight excluding hydrogens is 292 g/mol. The van der Waals surface area contributed by atoms with Gasteiger partial charge in [-0.25, -0.2) is 9.78 Å². The number of urea groups is 1. The molecule has 0 fully saturated rings. The minimum atomic E-state index is -0.475. The molecule has 2 aromatic rings. The number of nitrogens with zero attached hydrogens (tertiary/aromatic N) is 2. The lowest BCUT2D eigenvalue weighted by atomic mass is 10.2. The Balaban J connectivity index is 2.07. The summed E-state index contributed by atoms with van der Waals surface area (Å²) in [6, 6.07) is 6.51. The SMILES string of the molecule is COc1ccc(NC(=O)Nc2ncc(C#N)s2)c(OC)c1. The molecule has 8 heteroatoms. The number of anilines is 2. The number of nitrogens with one attached hydrogen (secondary N) is 2. The molecule has 0 unspecified atom stereocenters.